The molecule has 2 saturated heterocycles. The number of hydrogen-bond donors (Lipinski definition) is 1. The van der Waals surface area contributed by atoms with Crippen LogP contribution in [-0.4, -0.2) is 91.2 Å². The van der Waals surface area contributed by atoms with Gasteiger partial charge in [-0.25, -0.2) is 0 Å². The van der Waals surface area contributed by atoms with Gasteiger partial charge in [0.2, 0.25) is 5.91 Å². The lowest BCUT2D eigenvalue weighted by Crippen LogP contribution is -2.52. The molecule has 19 heavy (non-hydrogen) atoms. The smallest absolute Gasteiger partial charge is 0.236 e. The van der Waals surface area contributed by atoms with Crippen molar-refractivity contribution in [1.29, 1.82) is 0 Å². The van der Waals surface area contributed by atoms with Crippen LogP contribution in [0.15, 0.2) is 0 Å². The van der Waals surface area contributed by atoms with Gasteiger partial charge < -0.3 is 15.4 Å². The predicted octanol–water partition coefficient (Wildman–Crippen LogP) is -1.25. The molecule has 0 aromatic carbocycles. The highest BCUT2D eigenvalue weighted by Gasteiger charge is 2.22. The van der Waals surface area contributed by atoms with Gasteiger partial charge in [0.1, 0.15) is 0 Å². The Morgan fingerprint density at radius 3 is 2.05 bits per heavy atom. The summed E-state index contributed by atoms with van der Waals surface area (Å²) in [6, 6.07) is 0. The monoisotopic (exact) mass is 286 g/mol. The van der Waals surface area contributed by atoms with E-state index in [2.05, 4.69) is 9.80 Å². The molecule has 0 bridgehead atoms. The molecule has 2 rings (SSSR count). The van der Waals surface area contributed by atoms with Crippen molar-refractivity contribution in [2.24, 2.45) is 5.73 Å². The van der Waals surface area contributed by atoms with E-state index < -0.39 is 0 Å². The molecule has 2 fully saturated rings. The predicted molar refractivity (Wildman–Crippen MR) is 77.1 cm³/mol. The zero-order valence-electron chi connectivity index (χ0n) is 11.2. The number of morpholine rings is 1. The summed E-state index contributed by atoms with van der Waals surface area (Å²) in [6.45, 7) is 7.61. The first kappa shape index (κ1) is 14.6. The molecule has 0 saturated carbocycles. The average Bonchev–Trinajstić information content (AvgIpc) is 2.41. The molecule has 0 radical (unpaired) electrons. The number of amides is 1. The number of thiocarbonyl (C=S) groups is 1. The summed E-state index contributed by atoms with van der Waals surface area (Å²) in [6.07, 6.45) is 0. The lowest BCUT2D eigenvalue weighted by molar-refractivity contribution is -0.136. The van der Waals surface area contributed by atoms with Crippen LogP contribution in [0, 0.1) is 0 Å². The van der Waals surface area contributed by atoms with Crippen molar-refractivity contribution >= 4 is 23.1 Å². The number of rotatable bonds is 4. The Morgan fingerprint density at radius 2 is 1.53 bits per heavy atom. The minimum atomic E-state index is 0.214. The van der Waals surface area contributed by atoms with Gasteiger partial charge in [-0.15, -0.1) is 0 Å². The Hall–Kier alpha value is -0.760. The zero-order valence-corrected chi connectivity index (χ0v) is 12.0. The van der Waals surface area contributed by atoms with Crippen LogP contribution < -0.4 is 5.73 Å². The van der Waals surface area contributed by atoms with Crippen LogP contribution in [0.1, 0.15) is 0 Å². The lowest BCUT2D eigenvalue weighted by atomic mass is 10.3. The zero-order chi connectivity index (χ0) is 13.7. The van der Waals surface area contributed by atoms with Gasteiger partial charge in [0.15, 0.2) is 0 Å². The van der Waals surface area contributed by atoms with Gasteiger partial charge >= 0.3 is 0 Å². The van der Waals surface area contributed by atoms with Crippen molar-refractivity contribution in [3.05, 3.63) is 0 Å². The van der Waals surface area contributed by atoms with Crippen molar-refractivity contribution in [3.63, 3.8) is 0 Å². The Morgan fingerprint density at radius 1 is 1.00 bits per heavy atom. The first-order chi connectivity index (χ1) is 9.15. The SMILES string of the molecule is NC(=S)CN1CCN(CC(=O)N2CCOCC2)CC1. The second-order valence-electron chi connectivity index (χ2n) is 5.01. The fourth-order valence-corrected chi connectivity index (χ4v) is 2.61. The first-order valence-electron chi connectivity index (χ1n) is 6.73. The quantitative estimate of drug-likeness (QED) is 0.652. The average molecular weight is 286 g/mol. The van der Waals surface area contributed by atoms with E-state index in [4.69, 9.17) is 22.7 Å². The summed E-state index contributed by atoms with van der Waals surface area (Å²) < 4.78 is 5.25. The molecule has 2 N–H and O–H groups in total. The number of carbonyl (C=O) groups excluding carboxylic acids is 1. The summed E-state index contributed by atoms with van der Waals surface area (Å²) >= 11 is 4.91. The number of piperazine rings is 1. The lowest BCUT2D eigenvalue weighted by Gasteiger charge is -2.35. The van der Waals surface area contributed by atoms with E-state index in [1.807, 2.05) is 4.90 Å². The van der Waals surface area contributed by atoms with Gasteiger partial charge in [-0.2, -0.15) is 0 Å². The van der Waals surface area contributed by atoms with Crippen LogP contribution in [0.2, 0.25) is 0 Å². The van der Waals surface area contributed by atoms with Gasteiger partial charge in [-0.1, -0.05) is 12.2 Å². The molecular formula is C12H22N4O2S. The minimum absolute atomic E-state index is 0.214. The third-order valence-corrected chi connectivity index (χ3v) is 3.70. The largest absolute Gasteiger partial charge is 0.392 e. The van der Waals surface area contributed by atoms with Crippen molar-refractivity contribution in [3.8, 4) is 0 Å². The fourth-order valence-electron chi connectivity index (χ4n) is 2.43. The molecule has 0 aromatic heterocycles. The normalized spacial score (nSPS) is 22.4. The van der Waals surface area contributed by atoms with Gasteiger partial charge in [-0.05, 0) is 0 Å². The van der Waals surface area contributed by atoms with E-state index in [9.17, 15) is 4.79 Å². The van der Waals surface area contributed by atoms with Crippen LogP contribution in [0.3, 0.4) is 0 Å². The minimum Gasteiger partial charge on any atom is -0.392 e. The van der Waals surface area contributed by atoms with Gasteiger partial charge in [0.25, 0.3) is 0 Å². The Balaban J connectivity index is 1.69. The van der Waals surface area contributed by atoms with Crippen molar-refractivity contribution < 1.29 is 9.53 Å². The van der Waals surface area contributed by atoms with Crippen LogP contribution in [0.4, 0.5) is 0 Å². The number of nitrogens with two attached hydrogens (primary N) is 1. The third kappa shape index (κ3) is 4.68. The molecule has 2 aliphatic rings. The maximum atomic E-state index is 12.1. The second-order valence-corrected chi connectivity index (χ2v) is 5.54. The number of carbonyl (C=O) groups is 1. The molecule has 0 spiro atoms. The Bertz CT molecular complexity index is 326. The molecule has 2 aliphatic heterocycles. The fraction of sp³-hybridized carbons (Fsp3) is 0.833. The van der Waals surface area contributed by atoms with E-state index in [0.717, 1.165) is 39.3 Å². The van der Waals surface area contributed by atoms with E-state index in [1.165, 1.54) is 0 Å². The Kier molecular flexibility index (Phi) is 5.50. The highest BCUT2D eigenvalue weighted by molar-refractivity contribution is 7.80. The maximum Gasteiger partial charge on any atom is 0.236 e. The van der Waals surface area contributed by atoms with Gasteiger partial charge in [-0.3, -0.25) is 14.6 Å². The van der Waals surface area contributed by atoms with Crippen LogP contribution in [-0.2, 0) is 9.53 Å². The standard InChI is InChI=1S/C12H22N4O2S/c13-11(19)9-14-1-3-15(4-2-14)10-12(17)16-5-7-18-8-6-16/h1-10H2,(H2,13,19). The van der Waals surface area contributed by atoms with Gasteiger partial charge in [0.05, 0.1) is 24.7 Å². The van der Waals surface area contributed by atoms with E-state index in [0.29, 0.717) is 31.3 Å². The second kappa shape index (κ2) is 7.14. The molecule has 1 amide bonds. The van der Waals surface area contributed by atoms with Crippen LogP contribution in [0.5, 0.6) is 0 Å². The number of nitrogens with zero attached hydrogens (tertiary/aromatic N) is 3. The van der Waals surface area contributed by atoms with Crippen molar-refractivity contribution in [2.45, 2.75) is 0 Å². The molecule has 2 heterocycles. The molecule has 0 aliphatic carbocycles. The van der Waals surface area contributed by atoms with Crippen LogP contribution in [0.25, 0.3) is 0 Å². The first-order valence-corrected chi connectivity index (χ1v) is 7.14. The molecule has 0 atom stereocenters. The highest BCUT2D eigenvalue weighted by atomic mass is 32.1. The molecular weight excluding hydrogens is 264 g/mol. The molecule has 0 aromatic rings. The van der Waals surface area contributed by atoms with Crippen molar-refractivity contribution in [2.75, 3.05) is 65.6 Å². The molecule has 7 heteroatoms. The molecule has 0 unspecified atom stereocenters. The third-order valence-electron chi connectivity index (χ3n) is 3.57. The van der Waals surface area contributed by atoms with E-state index >= 15 is 0 Å². The maximum absolute atomic E-state index is 12.1. The highest BCUT2D eigenvalue weighted by Crippen LogP contribution is 2.04. The van der Waals surface area contributed by atoms with E-state index in [-0.39, 0.29) is 5.91 Å². The Labute approximate surface area is 119 Å². The topological polar surface area (TPSA) is 62.0 Å². The molecule has 6 nitrogen and oxygen atoms in total. The number of ether oxygens (including phenoxy) is 1. The van der Waals surface area contributed by atoms with Crippen LogP contribution >= 0.6 is 12.2 Å². The summed E-state index contributed by atoms with van der Waals surface area (Å²) in [5, 5.41) is 0. The van der Waals surface area contributed by atoms with Crippen molar-refractivity contribution in [1.82, 2.24) is 14.7 Å². The summed E-state index contributed by atoms with van der Waals surface area (Å²) in [7, 11) is 0. The summed E-state index contributed by atoms with van der Waals surface area (Å²) in [5.41, 5.74) is 5.54. The summed E-state index contributed by atoms with van der Waals surface area (Å²) in [4.78, 5) is 19.0. The number of hydrogen-bond acceptors (Lipinski definition) is 5. The summed E-state index contributed by atoms with van der Waals surface area (Å²) in [5.74, 6) is 0.214. The molecule has 108 valence electrons. The van der Waals surface area contributed by atoms with E-state index in [1.54, 1.807) is 0 Å². The van der Waals surface area contributed by atoms with Gasteiger partial charge in [0, 0.05) is 45.8 Å².